The number of fused-ring (bicyclic) bond motifs is 1. The zero-order valence-corrected chi connectivity index (χ0v) is 13.6. The first kappa shape index (κ1) is 16.9. The summed E-state index contributed by atoms with van der Waals surface area (Å²) in [5, 5.41) is 0.235. The molecule has 0 aliphatic rings. The highest BCUT2D eigenvalue weighted by Crippen LogP contribution is 2.38. The van der Waals surface area contributed by atoms with E-state index in [0.717, 1.165) is 18.2 Å². The Kier molecular flexibility index (Phi) is 4.16. The van der Waals surface area contributed by atoms with Crippen molar-refractivity contribution in [3.05, 3.63) is 59.6 Å². The Morgan fingerprint density at radius 1 is 1.20 bits per heavy atom. The molecule has 3 rings (SSSR count). The summed E-state index contributed by atoms with van der Waals surface area (Å²) in [7, 11) is -2.87. The van der Waals surface area contributed by atoms with Crippen molar-refractivity contribution in [1.82, 2.24) is 9.71 Å². The molecule has 0 aliphatic heterocycles. The van der Waals surface area contributed by atoms with E-state index in [2.05, 4.69) is 14.6 Å². The van der Waals surface area contributed by atoms with Crippen LogP contribution in [-0.2, 0) is 10.0 Å². The molecule has 0 fully saturated rings. The van der Waals surface area contributed by atoms with E-state index in [4.69, 9.17) is 11.3 Å². The number of hydrogen-bond acceptors (Lipinski definition) is 3. The van der Waals surface area contributed by atoms with Crippen LogP contribution in [0.1, 0.15) is 0 Å². The Hall–Kier alpha value is -2.96. The van der Waals surface area contributed by atoms with Gasteiger partial charge in [0.1, 0.15) is 16.5 Å². The molecule has 6 nitrogen and oxygen atoms in total. The third kappa shape index (κ3) is 2.93. The number of hydrogen-bond donors (Lipinski definition) is 2. The SMILES string of the molecule is [C-]#[N+]c1cc(Oc2c(F)cc3[nH]ccc3c2S(=O)(=O)NC)ccc1F. The lowest BCUT2D eigenvalue weighted by Gasteiger charge is -2.14. The van der Waals surface area contributed by atoms with Crippen LogP contribution >= 0.6 is 0 Å². The molecule has 9 heteroatoms. The fourth-order valence-electron chi connectivity index (χ4n) is 2.35. The summed E-state index contributed by atoms with van der Waals surface area (Å²) in [4.78, 5) is 5.34. The van der Waals surface area contributed by atoms with Gasteiger partial charge in [-0.1, -0.05) is 0 Å². The van der Waals surface area contributed by atoms with E-state index in [0.29, 0.717) is 0 Å². The average Bonchev–Trinajstić information content (AvgIpc) is 3.04. The normalized spacial score (nSPS) is 11.4. The number of rotatable bonds is 4. The van der Waals surface area contributed by atoms with Crippen molar-refractivity contribution in [1.29, 1.82) is 0 Å². The van der Waals surface area contributed by atoms with Gasteiger partial charge < -0.3 is 9.72 Å². The molecule has 0 amide bonds. The maximum Gasteiger partial charge on any atom is 0.244 e. The summed E-state index contributed by atoms with van der Waals surface area (Å²) in [5.74, 6) is -2.28. The van der Waals surface area contributed by atoms with Crippen LogP contribution in [0.15, 0.2) is 41.4 Å². The van der Waals surface area contributed by atoms with E-state index in [1.54, 1.807) is 0 Å². The third-order valence-electron chi connectivity index (χ3n) is 3.51. The van der Waals surface area contributed by atoms with Crippen LogP contribution < -0.4 is 9.46 Å². The first-order valence-corrected chi connectivity index (χ1v) is 8.43. The minimum Gasteiger partial charge on any atom is -0.454 e. The van der Waals surface area contributed by atoms with Gasteiger partial charge in [0, 0.05) is 23.2 Å². The Labute approximate surface area is 141 Å². The second-order valence-electron chi connectivity index (χ2n) is 4.99. The molecular weight excluding hydrogens is 352 g/mol. The largest absolute Gasteiger partial charge is 0.454 e. The predicted octanol–water partition coefficient (Wildman–Crippen LogP) is 3.70. The van der Waals surface area contributed by atoms with Crippen molar-refractivity contribution in [3.8, 4) is 11.5 Å². The number of halogens is 2. The van der Waals surface area contributed by atoms with E-state index in [1.807, 2.05) is 0 Å². The molecule has 2 N–H and O–H groups in total. The molecule has 0 spiro atoms. The van der Waals surface area contributed by atoms with Crippen LogP contribution in [0.5, 0.6) is 11.5 Å². The Morgan fingerprint density at radius 2 is 1.96 bits per heavy atom. The lowest BCUT2D eigenvalue weighted by molar-refractivity contribution is 0.429. The number of aromatic amines is 1. The number of nitrogens with zero attached hydrogens (tertiary/aromatic N) is 1. The molecule has 0 bridgehead atoms. The highest BCUT2D eigenvalue weighted by atomic mass is 32.2. The first-order chi connectivity index (χ1) is 11.9. The van der Waals surface area contributed by atoms with Crippen molar-refractivity contribution in [2.45, 2.75) is 4.90 Å². The number of H-pyrrole nitrogens is 1. The molecule has 3 aromatic rings. The van der Waals surface area contributed by atoms with Crippen LogP contribution in [-0.4, -0.2) is 20.4 Å². The topological polar surface area (TPSA) is 75.5 Å². The molecule has 0 atom stereocenters. The van der Waals surface area contributed by atoms with E-state index in [1.165, 1.54) is 25.4 Å². The van der Waals surface area contributed by atoms with Gasteiger partial charge in [-0.2, -0.15) is 0 Å². The Morgan fingerprint density at radius 3 is 2.64 bits per heavy atom. The summed E-state index contributed by atoms with van der Waals surface area (Å²) in [6.07, 6.45) is 1.47. The number of benzene rings is 2. The third-order valence-corrected chi connectivity index (χ3v) is 4.99. The second-order valence-corrected chi connectivity index (χ2v) is 6.81. The van der Waals surface area contributed by atoms with Crippen molar-refractivity contribution in [2.75, 3.05) is 7.05 Å². The molecular formula is C16H11F2N3O3S. The van der Waals surface area contributed by atoms with E-state index in [9.17, 15) is 17.2 Å². The highest BCUT2D eigenvalue weighted by molar-refractivity contribution is 7.89. The number of nitrogens with one attached hydrogen (secondary N) is 2. The standard InChI is InChI=1S/C16H11F2N3O3S/c1-19-14-7-9(3-4-11(14)17)24-15-12(18)8-13-10(5-6-21-13)16(15)25(22,23)20-2/h3-8,20-21H,2H3. The summed E-state index contributed by atoms with van der Waals surface area (Å²) >= 11 is 0. The summed E-state index contributed by atoms with van der Waals surface area (Å²) in [6, 6.07) is 5.81. The minimum atomic E-state index is -4.06. The fraction of sp³-hybridized carbons (Fsp3) is 0.0625. The average molecular weight is 363 g/mol. The van der Waals surface area contributed by atoms with Crippen LogP contribution in [0, 0.1) is 18.2 Å². The van der Waals surface area contributed by atoms with Gasteiger partial charge in [-0.05, 0) is 31.3 Å². The Bertz CT molecular complexity index is 1120. The summed E-state index contributed by atoms with van der Waals surface area (Å²) < 4.78 is 60.2. The molecule has 0 saturated carbocycles. The lowest BCUT2D eigenvalue weighted by atomic mass is 10.2. The van der Waals surface area contributed by atoms with Crippen LogP contribution in [0.4, 0.5) is 14.5 Å². The molecule has 128 valence electrons. The van der Waals surface area contributed by atoms with Gasteiger partial charge in [0.2, 0.25) is 15.7 Å². The molecule has 1 heterocycles. The van der Waals surface area contributed by atoms with Gasteiger partial charge in [0.25, 0.3) is 0 Å². The van der Waals surface area contributed by atoms with Crippen molar-refractivity contribution in [2.24, 2.45) is 0 Å². The van der Waals surface area contributed by atoms with Crippen LogP contribution in [0.25, 0.3) is 15.7 Å². The first-order valence-electron chi connectivity index (χ1n) is 6.95. The maximum atomic E-state index is 14.5. The monoisotopic (exact) mass is 363 g/mol. The smallest absolute Gasteiger partial charge is 0.244 e. The maximum absolute atomic E-state index is 14.5. The molecule has 2 aromatic carbocycles. The van der Waals surface area contributed by atoms with Gasteiger partial charge in [-0.25, -0.2) is 26.8 Å². The lowest BCUT2D eigenvalue weighted by Crippen LogP contribution is -2.20. The van der Waals surface area contributed by atoms with Crippen molar-refractivity contribution < 1.29 is 21.9 Å². The predicted molar refractivity (Wildman–Crippen MR) is 87.2 cm³/mol. The second kappa shape index (κ2) is 6.16. The fourth-order valence-corrected chi connectivity index (χ4v) is 3.40. The van der Waals surface area contributed by atoms with Crippen molar-refractivity contribution >= 4 is 26.6 Å². The summed E-state index contributed by atoms with van der Waals surface area (Å²) in [6.45, 7) is 6.91. The summed E-state index contributed by atoms with van der Waals surface area (Å²) in [5.41, 5.74) is -0.0433. The van der Waals surface area contributed by atoms with Gasteiger partial charge >= 0.3 is 0 Å². The number of aromatic nitrogens is 1. The number of ether oxygens (including phenoxy) is 1. The molecule has 0 unspecified atom stereocenters. The van der Waals surface area contributed by atoms with Gasteiger partial charge in [0.15, 0.2) is 11.6 Å². The van der Waals surface area contributed by atoms with E-state index < -0.39 is 27.4 Å². The zero-order chi connectivity index (χ0) is 18.2. The van der Waals surface area contributed by atoms with E-state index in [-0.39, 0.29) is 27.2 Å². The van der Waals surface area contributed by atoms with Gasteiger partial charge in [-0.3, -0.25) is 0 Å². The van der Waals surface area contributed by atoms with Crippen LogP contribution in [0.3, 0.4) is 0 Å². The van der Waals surface area contributed by atoms with Crippen molar-refractivity contribution in [3.63, 3.8) is 0 Å². The van der Waals surface area contributed by atoms with Gasteiger partial charge in [-0.15, -0.1) is 0 Å². The van der Waals surface area contributed by atoms with Crippen LogP contribution in [0.2, 0.25) is 0 Å². The van der Waals surface area contributed by atoms with E-state index >= 15 is 0 Å². The molecule has 25 heavy (non-hydrogen) atoms. The quantitative estimate of drug-likeness (QED) is 0.694. The highest BCUT2D eigenvalue weighted by Gasteiger charge is 2.26. The molecule has 0 radical (unpaired) electrons. The van der Waals surface area contributed by atoms with Gasteiger partial charge in [0.05, 0.1) is 6.57 Å². The molecule has 1 aromatic heterocycles. The zero-order valence-electron chi connectivity index (χ0n) is 12.8. The molecule has 0 saturated heterocycles. The Balaban J connectivity index is 2.24. The molecule has 0 aliphatic carbocycles. The number of sulfonamides is 1. The minimum absolute atomic E-state index is 0.0614.